The molecule has 19 heavy (non-hydrogen) atoms. The van der Waals surface area contributed by atoms with E-state index in [9.17, 15) is 4.79 Å². The van der Waals surface area contributed by atoms with Gasteiger partial charge in [0.1, 0.15) is 0 Å². The first-order valence-corrected chi connectivity index (χ1v) is 7.52. The van der Waals surface area contributed by atoms with Gasteiger partial charge in [0.25, 0.3) is 0 Å². The smallest absolute Gasteiger partial charge is 0.223 e. The van der Waals surface area contributed by atoms with Crippen molar-refractivity contribution in [3.05, 3.63) is 34.3 Å². The molecular formula is C15H21BrN2O. The number of carbonyl (C=O) groups excluding carboxylic acids is 1. The molecule has 2 N–H and O–H groups in total. The summed E-state index contributed by atoms with van der Waals surface area (Å²) in [4.78, 5) is 14.1. The molecule has 0 spiro atoms. The molecule has 3 nitrogen and oxygen atoms in total. The van der Waals surface area contributed by atoms with Crippen molar-refractivity contribution >= 4 is 21.8 Å². The molecule has 1 saturated carbocycles. The summed E-state index contributed by atoms with van der Waals surface area (Å²) in [6.45, 7) is 1.28. The van der Waals surface area contributed by atoms with Crippen molar-refractivity contribution < 1.29 is 4.79 Å². The van der Waals surface area contributed by atoms with Gasteiger partial charge < -0.3 is 10.6 Å². The first-order chi connectivity index (χ1) is 9.04. The molecule has 0 atom stereocenters. The van der Waals surface area contributed by atoms with Crippen LogP contribution in [0.25, 0.3) is 0 Å². The predicted molar refractivity (Wildman–Crippen MR) is 80.6 cm³/mol. The fraction of sp³-hybridized carbons (Fsp3) is 0.533. The van der Waals surface area contributed by atoms with Gasteiger partial charge >= 0.3 is 0 Å². The maximum absolute atomic E-state index is 12.3. The molecule has 2 rings (SSSR count). The van der Waals surface area contributed by atoms with E-state index >= 15 is 0 Å². The normalized spacial score (nSPS) is 16.8. The average Bonchev–Trinajstić information content (AvgIpc) is 2.33. The van der Waals surface area contributed by atoms with E-state index in [1.54, 1.807) is 4.90 Å². The largest absolute Gasteiger partial charge is 0.341 e. The zero-order valence-electron chi connectivity index (χ0n) is 11.4. The van der Waals surface area contributed by atoms with E-state index < -0.39 is 0 Å². The van der Waals surface area contributed by atoms with Gasteiger partial charge in [-0.15, -0.1) is 0 Å². The first kappa shape index (κ1) is 14.5. The van der Waals surface area contributed by atoms with Crippen molar-refractivity contribution in [3.63, 3.8) is 0 Å². The zero-order valence-corrected chi connectivity index (χ0v) is 12.9. The summed E-state index contributed by atoms with van der Waals surface area (Å²) < 4.78 is 1.04. The summed E-state index contributed by atoms with van der Waals surface area (Å²) in [6.07, 6.45) is 3.99. The van der Waals surface area contributed by atoms with Gasteiger partial charge in [-0.3, -0.25) is 4.79 Å². The Hall–Kier alpha value is -0.870. The Balaban J connectivity index is 1.92. The SMILES string of the molecule is CN(Cc1cccc(Br)c1)C(=O)CC1(CN)CCC1. The lowest BCUT2D eigenvalue weighted by molar-refractivity contribution is -0.134. The van der Waals surface area contributed by atoms with Gasteiger partial charge in [-0.25, -0.2) is 0 Å². The Bertz CT molecular complexity index is 452. The molecule has 1 aromatic rings. The van der Waals surface area contributed by atoms with E-state index in [4.69, 9.17) is 5.73 Å². The fourth-order valence-corrected chi connectivity index (χ4v) is 3.03. The summed E-state index contributed by atoms with van der Waals surface area (Å²) in [5.41, 5.74) is 7.04. The van der Waals surface area contributed by atoms with Gasteiger partial charge in [0.15, 0.2) is 0 Å². The van der Waals surface area contributed by atoms with Crippen molar-refractivity contribution in [1.82, 2.24) is 4.90 Å². The summed E-state index contributed by atoms with van der Waals surface area (Å²) in [6, 6.07) is 8.07. The summed E-state index contributed by atoms with van der Waals surface area (Å²) in [5, 5.41) is 0. The number of nitrogens with two attached hydrogens (primary N) is 1. The number of amides is 1. The Morgan fingerprint density at radius 3 is 2.74 bits per heavy atom. The number of nitrogens with zero attached hydrogens (tertiary/aromatic N) is 1. The van der Waals surface area contributed by atoms with Gasteiger partial charge in [0.05, 0.1) is 0 Å². The summed E-state index contributed by atoms with van der Waals surface area (Å²) in [7, 11) is 1.87. The molecule has 1 fully saturated rings. The lowest BCUT2D eigenvalue weighted by Crippen LogP contribution is -2.42. The van der Waals surface area contributed by atoms with Crippen LogP contribution in [-0.2, 0) is 11.3 Å². The van der Waals surface area contributed by atoms with Crippen LogP contribution in [0.5, 0.6) is 0 Å². The highest BCUT2D eigenvalue weighted by Crippen LogP contribution is 2.43. The van der Waals surface area contributed by atoms with Crippen LogP contribution in [0.4, 0.5) is 0 Å². The number of rotatable bonds is 5. The molecule has 0 heterocycles. The first-order valence-electron chi connectivity index (χ1n) is 6.73. The molecule has 1 aliphatic rings. The second kappa shape index (κ2) is 6.06. The molecule has 0 radical (unpaired) electrons. The number of halogens is 1. The van der Waals surface area contributed by atoms with Crippen molar-refractivity contribution in [1.29, 1.82) is 0 Å². The van der Waals surface area contributed by atoms with Crippen molar-refractivity contribution in [2.75, 3.05) is 13.6 Å². The molecule has 0 unspecified atom stereocenters. The van der Waals surface area contributed by atoms with Crippen LogP contribution in [0, 0.1) is 5.41 Å². The van der Waals surface area contributed by atoms with Gasteiger partial charge in [-0.05, 0) is 42.5 Å². The minimum atomic E-state index is 0.0859. The topological polar surface area (TPSA) is 46.3 Å². The standard InChI is InChI=1S/C15H21BrN2O/c1-18(10-12-4-2-5-13(16)8-12)14(19)9-15(11-17)6-3-7-15/h2,4-5,8H,3,6-7,9-11,17H2,1H3. The Kier molecular flexibility index (Phi) is 4.63. The minimum absolute atomic E-state index is 0.0859. The molecule has 4 heteroatoms. The highest BCUT2D eigenvalue weighted by molar-refractivity contribution is 9.10. The Labute approximate surface area is 123 Å². The molecule has 1 aromatic carbocycles. The monoisotopic (exact) mass is 324 g/mol. The van der Waals surface area contributed by atoms with Crippen LogP contribution < -0.4 is 5.73 Å². The van der Waals surface area contributed by atoms with Crippen LogP contribution in [0.15, 0.2) is 28.7 Å². The van der Waals surface area contributed by atoms with Gasteiger partial charge in [-0.2, -0.15) is 0 Å². The van der Waals surface area contributed by atoms with Gasteiger partial charge in [0.2, 0.25) is 5.91 Å². The van der Waals surface area contributed by atoms with E-state index in [0.717, 1.165) is 22.9 Å². The highest BCUT2D eigenvalue weighted by Gasteiger charge is 2.38. The number of hydrogen-bond donors (Lipinski definition) is 1. The quantitative estimate of drug-likeness (QED) is 0.905. The minimum Gasteiger partial charge on any atom is -0.341 e. The number of hydrogen-bond acceptors (Lipinski definition) is 2. The Morgan fingerprint density at radius 2 is 2.21 bits per heavy atom. The lowest BCUT2D eigenvalue weighted by atomic mass is 9.66. The van der Waals surface area contributed by atoms with E-state index in [-0.39, 0.29) is 11.3 Å². The van der Waals surface area contributed by atoms with Crippen molar-refractivity contribution in [2.45, 2.75) is 32.2 Å². The van der Waals surface area contributed by atoms with Crippen molar-refractivity contribution in [3.8, 4) is 0 Å². The second-order valence-electron chi connectivity index (χ2n) is 5.61. The van der Waals surface area contributed by atoms with Gasteiger partial charge in [0, 0.05) is 24.5 Å². The van der Waals surface area contributed by atoms with E-state index in [2.05, 4.69) is 15.9 Å². The van der Waals surface area contributed by atoms with E-state index in [1.807, 2.05) is 31.3 Å². The molecule has 0 aromatic heterocycles. The third-order valence-corrected chi connectivity index (χ3v) is 4.60. The highest BCUT2D eigenvalue weighted by atomic mass is 79.9. The van der Waals surface area contributed by atoms with E-state index in [1.165, 1.54) is 6.42 Å². The molecule has 1 amide bonds. The van der Waals surface area contributed by atoms with E-state index in [0.29, 0.717) is 19.5 Å². The molecular weight excluding hydrogens is 304 g/mol. The van der Waals surface area contributed by atoms with Crippen molar-refractivity contribution in [2.24, 2.45) is 11.1 Å². The maximum Gasteiger partial charge on any atom is 0.223 e. The molecule has 0 aliphatic heterocycles. The van der Waals surface area contributed by atoms with Gasteiger partial charge in [-0.1, -0.05) is 34.5 Å². The maximum atomic E-state index is 12.3. The molecule has 104 valence electrons. The van der Waals surface area contributed by atoms with Crippen LogP contribution in [-0.4, -0.2) is 24.4 Å². The van der Waals surface area contributed by atoms with Crippen LogP contribution in [0.3, 0.4) is 0 Å². The van der Waals surface area contributed by atoms with Crippen LogP contribution in [0.1, 0.15) is 31.2 Å². The third-order valence-electron chi connectivity index (χ3n) is 4.11. The lowest BCUT2D eigenvalue weighted by Gasteiger charge is -2.41. The third kappa shape index (κ3) is 3.57. The van der Waals surface area contributed by atoms with Crippen LogP contribution in [0.2, 0.25) is 0 Å². The second-order valence-corrected chi connectivity index (χ2v) is 6.53. The average molecular weight is 325 g/mol. The predicted octanol–water partition coefficient (Wildman–Crippen LogP) is 2.93. The molecule has 1 aliphatic carbocycles. The molecule has 0 saturated heterocycles. The number of benzene rings is 1. The Morgan fingerprint density at radius 1 is 1.47 bits per heavy atom. The zero-order chi connectivity index (χ0) is 13.9. The number of carbonyl (C=O) groups is 1. The summed E-state index contributed by atoms with van der Waals surface area (Å²) >= 11 is 3.45. The fourth-order valence-electron chi connectivity index (χ4n) is 2.58. The van der Waals surface area contributed by atoms with Crippen LogP contribution >= 0.6 is 15.9 Å². The molecule has 0 bridgehead atoms. The summed E-state index contributed by atoms with van der Waals surface area (Å²) in [5.74, 6) is 0.199.